The van der Waals surface area contributed by atoms with Crippen molar-refractivity contribution in [3.05, 3.63) is 23.3 Å². The lowest BCUT2D eigenvalue weighted by atomic mass is 9.99. The normalized spacial score (nSPS) is 26.9. The summed E-state index contributed by atoms with van der Waals surface area (Å²) in [5, 5.41) is 1.25. The van der Waals surface area contributed by atoms with Crippen molar-refractivity contribution in [2.24, 2.45) is 5.92 Å². The summed E-state index contributed by atoms with van der Waals surface area (Å²) in [5.74, 6) is 0.426. The summed E-state index contributed by atoms with van der Waals surface area (Å²) >= 11 is 0. The maximum atomic E-state index is 11.1. The van der Waals surface area contributed by atoms with Crippen LogP contribution >= 0.6 is 0 Å². The highest BCUT2D eigenvalue weighted by Gasteiger charge is 2.22. The molecule has 0 aromatic heterocycles. The van der Waals surface area contributed by atoms with Crippen LogP contribution in [0.3, 0.4) is 0 Å². The van der Waals surface area contributed by atoms with Gasteiger partial charge in [0.15, 0.2) is 0 Å². The Hall–Kier alpha value is -0.770. The van der Waals surface area contributed by atoms with E-state index in [1.165, 1.54) is 24.5 Å². The number of rotatable bonds is 1. The number of allylic oxidation sites excluding steroid dienone is 2. The molecule has 1 aliphatic heterocycles. The van der Waals surface area contributed by atoms with E-state index in [4.69, 9.17) is 0 Å². The zero-order chi connectivity index (χ0) is 9.31. The average molecular weight is 200 g/mol. The van der Waals surface area contributed by atoms with Crippen LogP contribution in [-0.2, 0) is 14.3 Å². The minimum atomic E-state index is -3.42. The molecule has 0 amide bonds. The molecule has 1 saturated carbocycles. The molecule has 0 aromatic carbocycles. The predicted molar refractivity (Wildman–Crippen MR) is 49.2 cm³/mol. The van der Waals surface area contributed by atoms with E-state index in [1.54, 1.807) is 6.08 Å². The van der Waals surface area contributed by atoms with Crippen molar-refractivity contribution in [2.75, 3.05) is 0 Å². The molecule has 0 spiro atoms. The molecule has 2 aliphatic rings. The van der Waals surface area contributed by atoms with Crippen LogP contribution in [0.25, 0.3) is 0 Å². The fourth-order valence-corrected chi connectivity index (χ4v) is 2.78. The molecule has 3 nitrogen and oxygen atoms in total. The molecule has 0 unspecified atom stereocenters. The Morgan fingerprint density at radius 2 is 2.00 bits per heavy atom. The van der Waals surface area contributed by atoms with Gasteiger partial charge in [-0.15, -0.1) is 0 Å². The predicted octanol–water partition coefficient (Wildman–Crippen LogP) is 1.93. The van der Waals surface area contributed by atoms with E-state index in [0.717, 1.165) is 18.4 Å². The first kappa shape index (κ1) is 8.81. The minimum Gasteiger partial charge on any atom is -0.387 e. The van der Waals surface area contributed by atoms with E-state index >= 15 is 0 Å². The Bertz CT molecular complexity index is 345. The van der Waals surface area contributed by atoms with Crippen molar-refractivity contribution >= 4 is 10.1 Å². The molecule has 0 saturated heterocycles. The Balaban J connectivity index is 2.23. The van der Waals surface area contributed by atoms with Gasteiger partial charge in [0.2, 0.25) is 0 Å². The lowest BCUT2D eigenvalue weighted by Gasteiger charge is -2.13. The summed E-state index contributed by atoms with van der Waals surface area (Å²) in [6, 6.07) is 0. The molecule has 1 heterocycles. The molecule has 1 fully saturated rings. The first-order valence-electron chi connectivity index (χ1n) is 4.49. The Morgan fingerprint density at radius 3 is 2.62 bits per heavy atom. The van der Waals surface area contributed by atoms with Crippen molar-refractivity contribution < 1.29 is 12.6 Å². The molecule has 0 aromatic rings. The quantitative estimate of drug-likeness (QED) is 0.607. The van der Waals surface area contributed by atoms with Crippen LogP contribution in [-0.4, -0.2) is 8.42 Å². The van der Waals surface area contributed by atoms with Gasteiger partial charge in [-0.05, 0) is 30.4 Å². The molecule has 0 atom stereocenters. The monoisotopic (exact) mass is 200 g/mol. The fraction of sp³-hybridized carbons (Fsp3) is 0.556. The maximum Gasteiger partial charge on any atom is 0.331 e. The van der Waals surface area contributed by atoms with E-state index in [0.29, 0.717) is 5.92 Å². The van der Waals surface area contributed by atoms with Crippen molar-refractivity contribution in [2.45, 2.75) is 25.7 Å². The van der Waals surface area contributed by atoms with E-state index < -0.39 is 10.1 Å². The minimum absolute atomic E-state index is 0.426. The Morgan fingerprint density at radius 1 is 1.31 bits per heavy atom. The molecule has 0 N–H and O–H groups in total. The van der Waals surface area contributed by atoms with Gasteiger partial charge in [0.05, 0.1) is 5.41 Å². The van der Waals surface area contributed by atoms with Crippen LogP contribution in [0, 0.1) is 5.92 Å². The Kier molecular flexibility index (Phi) is 2.15. The highest BCUT2D eigenvalue weighted by molar-refractivity contribution is 7.89. The Labute approximate surface area is 78.2 Å². The SMILES string of the molecule is O=S1(=O)C=C(C2CCCC2)C=CO1. The van der Waals surface area contributed by atoms with E-state index in [9.17, 15) is 8.42 Å². The second kappa shape index (κ2) is 3.18. The van der Waals surface area contributed by atoms with Gasteiger partial charge in [-0.1, -0.05) is 12.8 Å². The molecule has 13 heavy (non-hydrogen) atoms. The van der Waals surface area contributed by atoms with Gasteiger partial charge in [-0.3, -0.25) is 0 Å². The summed E-state index contributed by atoms with van der Waals surface area (Å²) < 4.78 is 26.6. The zero-order valence-corrected chi connectivity index (χ0v) is 8.09. The fourth-order valence-electron chi connectivity index (χ4n) is 1.91. The third-order valence-electron chi connectivity index (χ3n) is 2.56. The summed E-state index contributed by atoms with van der Waals surface area (Å²) in [4.78, 5) is 0. The van der Waals surface area contributed by atoms with Gasteiger partial charge >= 0.3 is 10.1 Å². The molecule has 1 aliphatic carbocycles. The van der Waals surface area contributed by atoms with Crippen LogP contribution in [0.1, 0.15) is 25.7 Å². The summed E-state index contributed by atoms with van der Waals surface area (Å²) in [6.07, 6.45) is 7.64. The zero-order valence-electron chi connectivity index (χ0n) is 7.27. The van der Waals surface area contributed by atoms with Crippen molar-refractivity contribution in [1.29, 1.82) is 0 Å². The van der Waals surface area contributed by atoms with Crippen molar-refractivity contribution in [3.8, 4) is 0 Å². The van der Waals surface area contributed by atoms with Crippen molar-refractivity contribution in [3.63, 3.8) is 0 Å². The smallest absolute Gasteiger partial charge is 0.331 e. The van der Waals surface area contributed by atoms with Gasteiger partial charge in [0, 0.05) is 0 Å². The highest BCUT2D eigenvalue weighted by atomic mass is 32.2. The third kappa shape index (κ3) is 1.94. The molecule has 0 radical (unpaired) electrons. The van der Waals surface area contributed by atoms with Crippen LogP contribution in [0.2, 0.25) is 0 Å². The third-order valence-corrected chi connectivity index (χ3v) is 3.50. The lowest BCUT2D eigenvalue weighted by molar-refractivity contribution is 0.447. The summed E-state index contributed by atoms with van der Waals surface area (Å²) in [7, 11) is -3.42. The van der Waals surface area contributed by atoms with Gasteiger partial charge in [-0.2, -0.15) is 8.42 Å². The maximum absolute atomic E-state index is 11.1. The standard InChI is InChI=1S/C9H12O3S/c10-13(11)7-9(5-6-12-13)8-3-1-2-4-8/h5-8H,1-4H2. The molecular formula is C9H12O3S. The topological polar surface area (TPSA) is 43.4 Å². The van der Waals surface area contributed by atoms with E-state index in [-0.39, 0.29) is 0 Å². The van der Waals surface area contributed by atoms with Gasteiger partial charge in [0.25, 0.3) is 0 Å². The summed E-state index contributed by atoms with van der Waals surface area (Å²) in [6.45, 7) is 0. The van der Waals surface area contributed by atoms with Crippen LogP contribution in [0.15, 0.2) is 23.3 Å². The average Bonchev–Trinajstić information content (AvgIpc) is 2.53. The highest BCUT2D eigenvalue weighted by Crippen LogP contribution is 2.33. The first-order chi connectivity index (χ1) is 6.17. The van der Waals surface area contributed by atoms with Crippen LogP contribution in [0.4, 0.5) is 0 Å². The second-order valence-corrected chi connectivity index (χ2v) is 4.90. The molecule has 0 bridgehead atoms. The van der Waals surface area contributed by atoms with Crippen LogP contribution < -0.4 is 0 Å². The van der Waals surface area contributed by atoms with Gasteiger partial charge in [-0.25, -0.2) is 0 Å². The van der Waals surface area contributed by atoms with Crippen LogP contribution in [0.5, 0.6) is 0 Å². The van der Waals surface area contributed by atoms with Gasteiger partial charge < -0.3 is 4.18 Å². The molecule has 72 valence electrons. The van der Waals surface area contributed by atoms with Gasteiger partial charge in [0.1, 0.15) is 6.26 Å². The van der Waals surface area contributed by atoms with E-state index in [2.05, 4.69) is 4.18 Å². The van der Waals surface area contributed by atoms with Crippen molar-refractivity contribution in [1.82, 2.24) is 0 Å². The molecular weight excluding hydrogens is 188 g/mol. The molecule has 4 heteroatoms. The summed E-state index contributed by atoms with van der Waals surface area (Å²) in [5.41, 5.74) is 0.906. The van der Waals surface area contributed by atoms with E-state index in [1.807, 2.05) is 0 Å². The number of hydrogen-bond acceptors (Lipinski definition) is 3. The molecule has 2 rings (SSSR count). The lowest BCUT2D eigenvalue weighted by Crippen LogP contribution is -2.06. The largest absolute Gasteiger partial charge is 0.387 e. The number of hydrogen-bond donors (Lipinski definition) is 0. The second-order valence-electron chi connectivity index (χ2n) is 3.49. The first-order valence-corrected chi connectivity index (χ1v) is 5.96.